The van der Waals surface area contributed by atoms with Crippen molar-refractivity contribution < 1.29 is 14.3 Å². The van der Waals surface area contributed by atoms with Crippen LogP contribution in [0.25, 0.3) is 0 Å². The predicted octanol–water partition coefficient (Wildman–Crippen LogP) is 2.83. The molecule has 4 heterocycles. The molecule has 1 N–H and O–H groups in total. The third-order valence-corrected chi connectivity index (χ3v) is 5.20. The lowest BCUT2D eigenvalue weighted by Gasteiger charge is -2.16. The molecule has 0 aromatic carbocycles. The number of nitrogens with zero attached hydrogens (tertiary/aromatic N) is 3. The summed E-state index contributed by atoms with van der Waals surface area (Å²) in [6.07, 6.45) is 6.48. The van der Waals surface area contributed by atoms with E-state index in [-0.39, 0.29) is 12.0 Å². The fourth-order valence-electron chi connectivity index (χ4n) is 3.34. The van der Waals surface area contributed by atoms with Gasteiger partial charge in [0.25, 0.3) is 5.91 Å². The van der Waals surface area contributed by atoms with Crippen LogP contribution in [0.3, 0.4) is 0 Å². The van der Waals surface area contributed by atoms with Crippen LogP contribution in [0.15, 0.2) is 30.6 Å². The number of amides is 1. The van der Waals surface area contributed by atoms with Crippen molar-refractivity contribution in [3.8, 4) is 5.88 Å². The van der Waals surface area contributed by atoms with Crippen molar-refractivity contribution in [1.82, 2.24) is 15.3 Å². The van der Waals surface area contributed by atoms with Gasteiger partial charge in [-0.1, -0.05) is 17.7 Å². The van der Waals surface area contributed by atoms with Gasteiger partial charge in [0.15, 0.2) is 0 Å². The number of aromatic nitrogens is 2. The monoisotopic (exact) mass is 402 g/mol. The maximum absolute atomic E-state index is 12.4. The molecular formula is C20H23ClN4O3. The lowest BCUT2D eigenvalue weighted by molar-refractivity contribution is 0.0950. The molecule has 0 radical (unpaired) electrons. The quantitative estimate of drug-likeness (QED) is 0.800. The number of carbonyl (C=O) groups excluding carboxylic acids is 1. The van der Waals surface area contributed by atoms with E-state index in [4.69, 9.17) is 21.1 Å². The molecule has 28 heavy (non-hydrogen) atoms. The summed E-state index contributed by atoms with van der Waals surface area (Å²) in [5.74, 6) is 1.08. The zero-order chi connectivity index (χ0) is 19.3. The van der Waals surface area contributed by atoms with Crippen LogP contribution >= 0.6 is 11.6 Å². The second kappa shape index (κ2) is 8.75. The number of anilines is 1. The van der Waals surface area contributed by atoms with Gasteiger partial charge in [0.05, 0.1) is 18.8 Å². The summed E-state index contributed by atoms with van der Waals surface area (Å²) in [7, 11) is 0. The number of halogens is 1. The SMILES string of the molecule is O=C(NCc1ccc(N2CCCC2)nc1)c1cnc(OC2CCOC2)c(Cl)c1. The third-order valence-electron chi connectivity index (χ3n) is 4.93. The molecule has 2 aromatic rings. The van der Waals surface area contributed by atoms with E-state index in [2.05, 4.69) is 20.2 Å². The largest absolute Gasteiger partial charge is 0.471 e. The van der Waals surface area contributed by atoms with Gasteiger partial charge in [-0.05, 0) is 30.5 Å². The highest BCUT2D eigenvalue weighted by atomic mass is 35.5. The van der Waals surface area contributed by atoms with Crippen molar-refractivity contribution in [3.05, 3.63) is 46.7 Å². The van der Waals surface area contributed by atoms with Gasteiger partial charge in [-0.25, -0.2) is 9.97 Å². The molecule has 1 amide bonds. The number of carbonyl (C=O) groups is 1. The maximum Gasteiger partial charge on any atom is 0.253 e. The summed E-state index contributed by atoms with van der Waals surface area (Å²) >= 11 is 6.23. The third kappa shape index (κ3) is 4.54. The van der Waals surface area contributed by atoms with E-state index in [1.807, 2.05) is 12.1 Å². The molecular weight excluding hydrogens is 380 g/mol. The van der Waals surface area contributed by atoms with Gasteiger partial charge in [-0.15, -0.1) is 0 Å². The normalized spacial score (nSPS) is 19.0. The number of hydrogen-bond acceptors (Lipinski definition) is 6. The zero-order valence-electron chi connectivity index (χ0n) is 15.6. The van der Waals surface area contributed by atoms with Crippen molar-refractivity contribution in [2.45, 2.75) is 31.9 Å². The average Bonchev–Trinajstić information content (AvgIpc) is 3.42. The molecule has 2 aromatic heterocycles. The van der Waals surface area contributed by atoms with Crippen molar-refractivity contribution in [2.75, 3.05) is 31.2 Å². The Labute approximate surface area is 169 Å². The molecule has 148 valence electrons. The van der Waals surface area contributed by atoms with Crippen molar-refractivity contribution in [1.29, 1.82) is 0 Å². The first-order chi connectivity index (χ1) is 13.7. The topological polar surface area (TPSA) is 76.6 Å². The van der Waals surface area contributed by atoms with Crippen LogP contribution in [0.4, 0.5) is 5.82 Å². The number of rotatable bonds is 6. The summed E-state index contributed by atoms with van der Waals surface area (Å²) < 4.78 is 11.0. The van der Waals surface area contributed by atoms with Crippen LogP contribution in [-0.2, 0) is 11.3 Å². The van der Waals surface area contributed by atoms with Crippen molar-refractivity contribution in [2.24, 2.45) is 0 Å². The molecule has 2 aliphatic rings. The van der Waals surface area contributed by atoms with Gasteiger partial charge in [-0.2, -0.15) is 0 Å². The van der Waals surface area contributed by atoms with Crippen LogP contribution in [0.5, 0.6) is 5.88 Å². The first-order valence-corrected chi connectivity index (χ1v) is 9.95. The van der Waals surface area contributed by atoms with Gasteiger partial charge in [0.1, 0.15) is 16.9 Å². The highest BCUT2D eigenvalue weighted by Crippen LogP contribution is 2.25. The number of pyridine rings is 2. The minimum absolute atomic E-state index is 0.0410. The standard InChI is InChI=1S/C20H23ClN4O3/c21-17-9-15(12-24-20(17)28-16-5-8-27-13-16)19(26)23-11-14-3-4-18(22-10-14)25-6-1-2-7-25/h3-4,9-10,12,16H,1-2,5-8,11,13H2,(H,23,26). The van der Waals surface area contributed by atoms with Gasteiger partial charge >= 0.3 is 0 Å². The first kappa shape index (κ1) is 19.0. The second-order valence-electron chi connectivity index (χ2n) is 7.02. The van der Waals surface area contributed by atoms with E-state index in [1.54, 1.807) is 12.3 Å². The predicted molar refractivity (Wildman–Crippen MR) is 106 cm³/mol. The van der Waals surface area contributed by atoms with Crippen molar-refractivity contribution >= 4 is 23.3 Å². The van der Waals surface area contributed by atoms with E-state index in [1.165, 1.54) is 19.0 Å². The Hall–Kier alpha value is -2.38. The smallest absolute Gasteiger partial charge is 0.253 e. The fourth-order valence-corrected chi connectivity index (χ4v) is 3.55. The van der Waals surface area contributed by atoms with Gasteiger partial charge in [0, 0.05) is 38.4 Å². The van der Waals surface area contributed by atoms with Gasteiger partial charge in [0.2, 0.25) is 5.88 Å². The lowest BCUT2D eigenvalue weighted by atomic mass is 10.2. The van der Waals surface area contributed by atoms with Crippen LogP contribution in [0.1, 0.15) is 35.2 Å². The van der Waals surface area contributed by atoms with Crippen LogP contribution in [-0.4, -0.2) is 48.3 Å². The Morgan fingerprint density at radius 2 is 2.14 bits per heavy atom. The Morgan fingerprint density at radius 3 is 2.82 bits per heavy atom. The van der Waals surface area contributed by atoms with Crippen LogP contribution in [0.2, 0.25) is 5.02 Å². The highest BCUT2D eigenvalue weighted by molar-refractivity contribution is 6.32. The molecule has 0 bridgehead atoms. The molecule has 0 aliphatic carbocycles. The van der Waals surface area contributed by atoms with E-state index in [0.717, 1.165) is 30.9 Å². The maximum atomic E-state index is 12.4. The molecule has 0 saturated carbocycles. The minimum Gasteiger partial charge on any atom is -0.471 e. The number of hydrogen-bond donors (Lipinski definition) is 1. The van der Waals surface area contributed by atoms with E-state index in [9.17, 15) is 4.79 Å². The highest BCUT2D eigenvalue weighted by Gasteiger charge is 2.20. The van der Waals surface area contributed by atoms with Crippen LogP contribution in [0, 0.1) is 0 Å². The summed E-state index contributed by atoms with van der Waals surface area (Å²) in [6.45, 7) is 3.72. The Kier molecular flexibility index (Phi) is 5.92. The Balaban J connectivity index is 1.32. The fraction of sp³-hybridized carbons (Fsp3) is 0.450. The van der Waals surface area contributed by atoms with E-state index >= 15 is 0 Å². The van der Waals surface area contributed by atoms with Gasteiger partial charge < -0.3 is 19.7 Å². The molecule has 8 heteroatoms. The number of nitrogens with one attached hydrogen (secondary N) is 1. The van der Waals surface area contributed by atoms with E-state index in [0.29, 0.717) is 36.2 Å². The molecule has 1 unspecified atom stereocenters. The number of ether oxygens (including phenoxy) is 2. The molecule has 7 nitrogen and oxygen atoms in total. The Morgan fingerprint density at radius 1 is 1.29 bits per heavy atom. The molecule has 4 rings (SSSR count). The summed E-state index contributed by atoms with van der Waals surface area (Å²) in [4.78, 5) is 23.4. The molecule has 0 spiro atoms. The lowest BCUT2D eigenvalue weighted by Crippen LogP contribution is -2.24. The molecule has 2 saturated heterocycles. The summed E-state index contributed by atoms with van der Waals surface area (Å²) in [5, 5.41) is 3.19. The second-order valence-corrected chi connectivity index (χ2v) is 7.42. The van der Waals surface area contributed by atoms with E-state index < -0.39 is 0 Å². The zero-order valence-corrected chi connectivity index (χ0v) is 16.3. The van der Waals surface area contributed by atoms with Gasteiger partial charge in [-0.3, -0.25) is 4.79 Å². The Bertz CT molecular complexity index is 819. The molecule has 1 atom stereocenters. The molecule has 2 aliphatic heterocycles. The minimum atomic E-state index is -0.242. The average molecular weight is 403 g/mol. The van der Waals surface area contributed by atoms with Crippen LogP contribution < -0.4 is 15.0 Å². The summed E-state index contributed by atoms with van der Waals surface area (Å²) in [6, 6.07) is 5.57. The first-order valence-electron chi connectivity index (χ1n) is 9.57. The molecule has 2 fully saturated rings. The summed E-state index contributed by atoms with van der Waals surface area (Å²) in [5.41, 5.74) is 1.33. The van der Waals surface area contributed by atoms with Crippen molar-refractivity contribution in [3.63, 3.8) is 0 Å².